The average molecular weight is 579 g/mol. The van der Waals surface area contributed by atoms with Crippen molar-refractivity contribution in [2.75, 3.05) is 26.3 Å². The molecular formula is C31H38N4O7. The van der Waals surface area contributed by atoms with Gasteiger partial charge in [0.2, 0.25) is 0 Å². The molecule has 11 heteroatoms. The molecule has 1 fully saturated rings. The molecule has 1 unspecified atom stereocenters. The van der Waals surface area contributed by atoms with Gasteiger partial charge in [-0.2, -0.15) is 5.26 Å². The summed E-state index contributed by atoms with van der Waals surface area (Å²) >= 11 is 0. The molecule has 0 aliphatic carbocycles. The number of oxazole rings is 1. The lowest BCUT2D eigenvalue weighted by Gasteiger charge is -2.34. The van der Waals surface area contributed by atoms with Crippen LogP contribution in [0.5, 0.6) is 0 Å². The lowest BCUT2D eigenvalue weighted by Crippen LogP contribution is -2.53. The number of hydrogen-bond donors (Lipinski definition) is 1. The van der Waals surface area contributed by atoms with Gasteiger partial charge in [-0.05, 0) is 62.9 Å². The van der Waals surface area contributed by atoms with Crippen LogP contribution in [0, 0.1) is 11.3 Å². The van der Waals surface area contributed by atoms with E-state index < -0.39 is 35.5 Å². The van der Waals surface area contributed by atoms with Crippen LogP contribution in [0.3, 0.4) is 0 Å². The summed E-state index contributed by atoms with van der Waals surface area (Å²) in [4.78, 5) is 39.4. The fourth-order valence-electron chi connectivity index (χ4n) is 4.78. The maximum absolute atomic E-state index is 13.2. The summed E-state index contributed by atoms with van der Waals surface area (Å²) in [5, 5.41) is 12.6. The van der Waals surface area contributed by atoms with Crippen LogP contribution in [-0.4, -0.2) is 71.6 Å². The molecule has 0 bridgehead atoms. The van der Waals surface area contributed by atoms with Crippen LogP contribution in [0.4, 0.5) is 4.79 Å². The summed E-state index contributed by atoms with van der Waals surface area (Å²) in [6, 6.07) is 14.5. The lowest BCUT2D eigenvalue weighted by molar-refractivity contribution is -0.137. The van der Waals surface area contributed by atoms with Crippen molar-refractivity contribution in [1.29, 1.82) is 5.26 Å². The molecule has 1 aromatic heterocycles. The van der Waals surface area contributed by atoms with Crippen molar-refractivity contribution in [3.8, 4) is 17.2 Å². The Morgan fingerprint density at radius 1 is 1.14 bits per heavy atom. The second kappa shape index (κ2) is 13.2. The van der Waals surface area contributed by atoms with Crippen LogP contribution < -0.4 is 11.1 Å². The first-order chi connectivity index (χ1) is 20.0. The van der Waals surface area contributed by atoms with Gasteiger partial charge in [0.05, 0.1) is 37.4 Å². The summed E-state index contributed by atoms with van der Waals surface area (Å²) in [5.74, 6) is -0.889. The zero-order valence-electron chi connectivity index (χ0n) is 24.7. The number of aromatic nitrogens is 1. The zero-order chi connectivity index (χ0) is 30.4. The number of carbonyl (C=O) groups is 2. The standard InChI is InChI=1S/C31H38N4O7/c1-6-39-24-13-14-40-27(19-35(18-24)30(38)42-31(2,3)4)28(36)33-23(17-32)15-20-7-9-21(10-8-20)22-11-12-26-25(16-22)34(5)29(37)41-26/h7-12,16,23-24,27H,6,13-15,18-19H2,1-5H3,(H,33,36)/t23-,24?,27-/m0/s1. The number of amides is 2. The molecule has 2 aromatic carbocycles. The lowest BCUT2D eigenvalue weighted by atomic mass is 10.0. The second-order valence-corrected chi connectivity index (χ2v) is 11.3. The van der Waals surface area contributed by atoms with Gasteiger partial charge in [-0.25, -0.2) is 9.59 Å². The number of hydrogen-bond acceptors (Lipinski definition) is 8. The highest BCUT2D eigenvalue weighted by atomic mass is 16.6. The van der Waals surface area contributed by atoms with E-state index in [1.165, 1.54) is 9.47 Å². The van der Waals surface area contributed by atoms with Gasteiger partial charge in [0, 0.05) is 20.1 Å². The molecule has 2 amide bonds. The topological polar surface area (TPSA) is 136 Å². The first-order valence-electron chi connectivity index (χ1n) is 14.1. The minimum atomic E-state index is -0.966. The van der Waals surface area contributed by atoms with E-state index in [-0.39, 0.29) is 32.2 Å². The van der Waals surface area contributed by atoms with Crippen LogP contribution in [0.1, 0.15) is 39.7 Å². The molecule has 0 radical (unpaired) electrons. The normalized spacial score (nSPS) is 18.5. The largest absolute Gasteiger partial charge is 0.444 e. The number of nitrogens with zero attached hydrogens (tertiary/aromatic N) is 3. The van der Waals surface area contributed by atoms with E-state index in [0.29, 0.717) is 24.1 Å². The molecule has 0 saturated carbocycles. The molecule has 0 spiro atoms. The fraction of sp³-hybridized carbons (Fsp3) is 0.484. The molecule has 3 aromatic rings. The number of nitrogens with one attached hydrogen (secondary N) is 1. The van der Waals surface area contributed by atoms with E-state index in [1.54, 1.807) is 33.9 Å². The zero-order valence-corrected chi connectivity index (χ0v) is 24.7. The highest BCUT2D eigenvalue weighted by molar-refractivity contribution is 5.83. The van der Waals surface area contributed by atoms with Gasteiger partial charge in [0.1, 0.15) is 11.6 Å². The van der Waals surface area contributed by atoms with Gasteiger partial charge >= 0.3 is 11.8 Å². The van der Waals surface area contributed by atoms with Crippen LogP contribution >= 0.6 is 0 Å². The molecule has 1 aliphatic rings. The van der Waals surface area contributed by atoms with Crippen molar-refractivity contribution in [3.05, 3.63) is 58.6 Å². The van der Waals surface area contributed by atoms with Gasteiger partial charge in [0.25, 0.3) is 5.91 Å². The minimum absolute atomic E-state index is 0.0240. The smallest absolute Gasteiger partial charge is 0.419 e. The highest BCUT2D eigenvalue weighted by Crippen LogP contribution is 2.24. The molecular weight excluding hydrogens is 540 g/mol. The Labute approximate surface area is 244 Å². The minimum Gasteiger partial charge on any atom is -0.444 e. The van der Waals surface area contributed by atoms with E-state index in [2.05, 4.69) is 11.4 Å². The van der Waals surface area contributed by atoms with Crippen molar-refractivity contribution in [2.45, 2.75) is 64.4 Å². The number of aryl methyl sites for hydroxylation is 1. The summed E-state index contributed by atoms with van der Waals surface area (Å²) in [6.45, 7) is 8.24. The molecule has 2 heterocycles. The first-order valence-corrected chi connectivity index (χ1v) is 14.1. The molecule has 4 rings (SSSR count). The average Bonchev–Trinajstić information content (AvgIpc) is 3.21. The van der Waals surface area contributed by atoms with Crippen LogP contribution in [0.2, 0.25) is 0 Å². The number of rotatable bonds is 7. The van der Waals surface area contributed by atoms with Crippen LogP contribution in [0.25, 0.3) is 22.2 Å². The molecule has 1 aliphatic heterocycles. The van der Waals surface area contributed by atoms with Crippen LogP contribution in [-0.2, 0) is 32.5 Å². The highest BCUT2D eigenvalue weighted by Gasteiger charge is 2.33. The SMILES string of the molecule is CCOC1CCO[C@H](C(=O)N[C@H](C#N)Cc2ccc(-c3ccc4oc(=O)n(C)c4c3)cc2)CN(C(=O)OC(C)(C)C)C1. The summed E-state index contributed by atoms with van der Waals surface area (Å²) in [5.41, 5.74) is 3.22. The van der Waals surface area contributed by atoms with Crippen molar-refractivity contribution in [3.63, 3.8) is 0 Å². The van der Waals surface area contributed by atoms with Gasteiger partial charge in [0.15, 0.2) is 11.7 Å². The third kappa shape index (κ3) is 7.78. The Morgan fingerprint density at radius 2 is 1.86 bits per heavy atom. The van der Waals surface area contributed by atoms with Crippen LogP contribution in [0.15, 0.2) is 51.7 Å². The molecule has 1 N–H and O–H groups in total. The number of ether oxygens (including phenoxy) is 3. The van der Waals surface area contributed by atoms with Crippen molar-refractivity contribution >= 4 is 23.1 Å². The van der Waals surface area contributed by atoms with E-state index in [4.69, 9.17) is 18.6 Å². The third-order valence-corrected chi connectivity index (χ3v) is 6.91. The quantitative estimate of drug-likeness (QED) is 0.447. The monoisotopic (exact) mass is 578 g/mol. The number of carbonyl (C=O) groups excluding carboxylic acids is 2. The maximum atomic E-state index is 13.2. The molecule has 42 heavy (non-hydrogen) atoms. The molecule has 3 atom stereocenters. The second-order valence-electron chi connectivity index (χ2n) is 11.3. The predicted octanol–water partition coefficient (Wildman–Crippen LogP) is 3.78. The summed E-state index contributed by atoms with van der Waals surface area (Å²) in [7, 11) is 1.66. The Kier molecular flexibility index (Phi) is 9.70. The number of nitriles is 1. The molecule has 11 nitrogen and oxygen atoms in total. The van der Waals surface area contributed by atoms with Gasteiger partial charge in [-0.15, -0.1) is 0 Å². The first kappa shape index (κ1) is 30.8. The molecule has 224 valence electrons. The third-order valence-electron chi connectivity index (χ3n) is 6.91. The summed E-state index contributed by atoms with van der Waals surface area (Å²) in [6.07, 6.45) is -0.967. The fourth-order valence-corrected chi connectivity index (χ4v) is 4.78. The van der Waals surface area contributed by atoms with E-state index in [9.17, 15) is 19.6 Å². The Hall–Kier alpha value is -4.14. The van der Waals surface area contributed by atoms with Gasteiger partial charge < -0.3 is 28.8 Å². The van der Waals surface area contributed by atoms with E-state index >= 15 is 0 Å². The Balaban J connectivity index is 1.41. The predicted molar refractivity (Wildman–Crippen MR) is 156 cm³/mol. The van der Waals surface area contributed by atoms with Crippen molar-refractivity contribution in [1.82, 2.24) is 14.8 Å². The van der Waals surface area contributed by atoms with E-state index in [0.717, 1.165) is 16.7 Å². The Morgan fingerprint density at radius 3 is 2.52 bits per heavy atom. The maximum Gasteiger partial charge on any atom is 0.419 e. The van der Waals surface area contributed by atoms with E-state index in [1.807, 2.05) is 43.3 Å². The summed E-state index contributed by atoms with van der Waals surface area (Å²) < 4.78 is 23.8. The Bertz CT molecular complexity index is 1500. The van der Waals surface area contributed by atoms with Crippen molar-refractivity contribution in [2.24, 2.45) is 7.05 Å². The van der Waals surface area contributed by atoms with Gasteiger partial charge in [-0.1, -0.05) is 30.3 Å². The van der Waals surface area contributed by atoms with Gasteiger partial charge in [-0.3, -0.25) is 9.36 Å². The molecule has 1 saturated heterocycles. The van der Waals surface area contributed by atoms with Crippen molar-refractivity contribution < 1.29 is 28.2 Å². The number of benzene rings is 2. The number of fused-ring (bicyclic) bond motifs is 1.